The summed E-state index contributed by atoms with van der Waals surface area (Å²) in [7, 11) is 1.04. The fourth-order valence-corrected chi connectivity index (χ4v) is 7.42. The zero-order chi connectivity index (χ0) is 39.0. The van der Waals surface area contributed by atoms with Gasteiger partial charge < -0.3 is 20.3 Å². The summed E-state index contributed by atoms with van der Waals surface area (Å²) in [6.07, 6.45) is 1.60. The predicted octanol–water partition coefficient (Wildman–Crippen LogP) is 5.83. The van der Waals surface area contributed by atoms with Gasteiger partial charge in [0.1, 0.15) is 11.3 Å². The molecule has 3 aromatic carbocycles. The predicted molar refractivity (Wildman–Crippen MR) is 208 cm³/mol. The van der Waals surface area contributed by atoms with E-state index in [1.807, 2.05) is 90.1 Å². The summed E-state index contributed by atoms with van der Waals surface area (Å²) in [5.74, 6) is -1.45. The average Bonchev–Trinajstić information content (AvgIpc) is 3.09. The van der Waals surface area contributed by atoms with Crippen molar-refractivity contribution in [3.05, 3.63) is 102 Å². The van der Waals surface area contributed by atoms with E-state index in [1.54, 1.807) is 64.5 Å². The van der Waals surface area contributed by atoms with Crippen LogP contribution in [0, 0.1) is 11.8 Å². The van der Waals surface area contributed by atoms with Crippen molar-refractivity contribution in [1.29, 1.82) is 0 Å². The molecule has 0 aromatic heterocycles. The number of rotatable bonds is 16. The number of amides is 3. The van der Waals surface area contributed by atoms with Crippen molar-refractivity contribution in [3.8, 4) is 16.9 Å². The molecule has 0 saturated heterocycles. The maximum absolute atomic E-state index is 14.4. The quantitative estimate of drug-likeness (QED) is 0.158. The molecular weight excluding hydrogens is 677 g/mol. The second-order valence-electron chi connectivity index (χ2n) is 14.8. The van der Waals surface area contributed by atoms with Gasteiger partial charge in [-0.15, -0.1) is 0 Å². The highest BCUT2D eigenvalue weighted by Crippen LogP contribution is 2.32. The molecule has 0 spiro atoms. The van der Waals surface area contributed by atoms with Crippen LogP contribution in [-0.4, -0.2) is 69.9 Å². The SMILES string of the molecule is CN[C@H](C(=O)NC(C)(C(=O)N(C)[C@H](/C=C(\C)C(=O)NS(=O)(=O)Cc1ccccc1)C(C)C)C(C)C)C(C)(C)c1ccc(-c2ccc(OC)cc2)cc1. The van der Waals surface area contributed by atoms with Crippen molar-refractivity contribution in [2.75, 3.05) is 21.2 Å². The Kier molecular flexibility index (Phi) is 14.0. The first kappa shape index (κ1) is 41.9. The number of nitrogens with one attached hydrogen (secondary N) is 3. The van der Waals surface area contributed by atoms with Gasteiger partial charge in [-0.1, -0.05) is 114 Å². The molecule has 3 rings (SSSR count). The first-order valence-corrected chi connectivity index (χ1v) is 19.2. The van der Waals surface area contributed by atoms with Crippen LogP contribution in [-0.2, 0) is 35.6 Å². The summed E-state index contributed by atoms with van der Waals surface area (Å²) in [5, 5.41) is 6.28. The lowest BCUT2D eigenvalue weighted by atomic mass is 9.76. The molecule has 11 heteroatoms. The van der Waals surface area contributed by atoms with Gasteiger partial charge in [-0.25, -0.2) is 13.1 Å². The molecule has 0 heterocycles. The number of sulfonamides is 1. The number of carbonyl (C=O) groups is 3. The maximum atomic E-state index is 14.4. The number of hydrogen-bond acceptors (Lipinski definition) is 7. The van der Waals surface area contributed by atoms with Gasteiger partial charge in [-0.05, 0) is 67.1 Å². The first-order valence-electron chi connectivity index (χ1n) is 17.6. The van der Waals surface area contributed by atoms with Crippen molar-refractivity contribution in [1.82, 2.24) is 20.3 Å². The molecule has 0 bridgehead atoms. The molecule has 0 fully saturated rings. The lowest BCUT2D eigenvalue weighted by molar-refractivity contribution is -0.144. The lowest BCUT2D eigenvalue weighted by Gasteiger charge is -2.42. The van der Waals surface area contributed by atoms with Crippen molar-refractivity contribution in [3.63, 3.8) is 0 Å². The van der Waals surface area contributed by atoms with Crippen LogP contribution < -0.4 is 20.1 Å². The minimum atomic E-state index is -3.96. The highest BCUT2D eigenvalue weighted by molar-refractivity contribution is 7.89. The number of ether oxygens (including phenoxy) is 1. The monoisotopic (exact) mass is 732 g/mol. The number of nitrogens with zero attached hydrogens (tertiary/aromatic N) is 1. The van der Waals surface area contributed by atoms with Gasteiger partial charge in [-0.2, -0.15) is 0 Å². The smallest absolute Gasteiger partial charge is 0.260 e. The molecule has 10 nitrogen and oxygen atoms in total. The molecule has 3 amide bonds. The molecular formula is C41H56N4O6S. The largest absolute Gasteiger partial charge is 0.497 e. The van der Waals surface area contributed by atoms with Crippen LogP contribution in [0.15, 0.2) is 90.5 Å². The molecule has 0 radical (unpaired) electrons. The molecule has 282 valence electrons. The number of methoxy groups -OCH3 is 1. The second kappa shape index (κ2) is 17.4. The van der Waals surface area contributed by atoms with Crippen LogP contribution in [0.2, 0.25) is 0 Å². The van der Waals surface area contributed by atoms with Crippen LogP contribution in [0.5, 0.6) is 5.75 Å². The summed E-state index contributed by atoms with van der Waals surface area (Å²) < 4.78 is 32.9. The van der Waals surface area contributed by atoms with Gasteiger partial charge >= 0.3 is 0 Å². The van der Waals surface area contributed by atoms with Crippen LogP contribution >= 0.6 is 0 Å². The molecule has 0 saturated carbocycles. The van der Waals surface area contributed by atoms with Gasteiger partial charge in [0.15, 0.2) is 0 Å². The maximum Gasteiger partial charge on any atom is 0.260 e. The summed E-state index contributed by atoms with van der Waals surface area (Å²) in [6.45, 7) is 14.8. The Morgan fingerprint density at radius 2 is 1.40 bits per heavy atom. The average molecular weight is 733 g/mol. The van der Waals surface area contributed by atoms with Gasteiger partial charge in [0.2, 0.25) is 21.8 Å². The van der Waals surface area contributed by atoms with E-state index in [0.717, 1.165) is 22.4 Å². The third kappa shape index (κ3) is 10.1. The Hall–Kier alpha value is -4.48. The molecule has 3 aromatic rings. The Labute approximate surface area is 310 Å². The topological polar surface area (TPSA) is 134 Å². The highest BCUT2D eigenvalue weighted by Gasteiger charge is 2.45. The first-order chi connectivity index (χ1) is 24.3. The van der Waals surface area contributed by atoms with Crippen LogP contribution in [0.3, 0.4) is 0 Å². The van der Waals surface area contributed by atoms with E-state index in [4.69, 9.17) is 4.74 Å². The molecule has 52 heavy (non-hydrogen) atoms. The Bertz CT molecular complexity index is 1820. The van der Waals surface area contributed by atoms with E-state index >= 15 is 0 Å². The van der Waals surface area contributed by atoms with Crippen LogP contribution in [0.25, 0.3) is 11.1 Å². The number of carbonyl (C=O) groups excluding carboxylic acids is 3. The summed E-state index contributed by atoms with van der Waals surface area (Å²) >= 11 is 0. The van der Waals surface area contributed by atoms with E-state index in [2.05, 4.69) is 15.4 Å². The third-order valence-electron chi connectivity index (χ3n) is 9.98. The zero-order valence-electron chi connectivity index (χ0n) is 32.4. The van der Waals surface area contributed by atoms with Crippen LogP contribution in [0.4, 0.5) is 0 Å². The Morgan fingerprint density at radius 3 is 1.88 bits per heavy atom. The van der Waals surface area contributed by atoms with E-state index in [-0.39, 0.29) is 35.0 Å². The minimum Gasteiger partial charge on any atom is -0.497 e. The van der Waals surface area contributed by atoms with E-state index in [0.29, 0.717) is 5.56 Å². The lowest BCUT2D eigenvalue weighted by Crippen LogP contribution is -2.66. The van der Waals surface area contributed by atoms with Crippen LogP contribution in [0.1, 0.15) is 66.5 Å². The van der Waals surface area contributed by atoms with Gasteiger partial charge in [0, 0.05) is 18.0 Å². The number of hydrogen-bond donors (Lipinski definition) is 3. The van der Waals surface area contributed by atoms with Crippen molar-refractivity contribution in [2.45, 2.75) is 84.2 Å². The summed E-state index contributed by atoms with van der Waals surface area (Å²) in [6, 6.07) is 23.2. The Morgan fingerprint density at radius 1 is 0.865 bits per heavy atom. The standard InChI is InChI=1S/C41H56N4O6S/c1-27(2)35(25-29(5)37(46)44-52(49,50)26-30-15-13-12-14-16-30)45(10)39(48)41(8,28(3)4)43-38(47)36(42-9)40(6,7)33-21-17-31(18-22-33)32-19-23-34(51-11)24-20-32/h12-25,27-28,35-36,42H,26H2,1-11H3,(H,43,47)(H,44,46)/b29-25+/t35-,36-,41?/m1/s1. The van der Waals surface area contributed by atoms with Gasteiger partial charge in [0.25, 0.3) is 5.91 Å². The molecule has 0 aliphatic carbocycles. The summed E-state index contributed by atoms with van der Waals surface area (Å²) in [5.41, 5.74) is 1.74. The fraction of sp³-hybridized carbons (Fsp3) is 0.439. The van der Waals surface area contributed by atoms with Crippen molar-refractivity contribution in [2.24, 2.45) is 11.8 Å². The second-order valence-corrected chi connectivity index (χ2v) is 16.5. The molecule has 3 atom stereocenters. The normalized spacial score (nSPS) is 14.7. The molecule has 0 aliphatic heterocycles. The molecule has 3 N–H and O–H groups in total. The van der Waals surface area contributed by atoms with Crippen molar-refractivity contribution < 1.29 is 27.5 Å². The van der Waals surface area contributed by atoms with Gasteiger partial charge in [-0.3, -0.25) is 14.4 Å². The van der Waals surface area contributed by atoms with E-state index in [1.165, 1.54) is 11.8 Å². The third-order valence-corrected chi connectivity index (χ3v) is 11.2. The van der Waals surface area contributed by atoms with E-state index in [9.17, 15) is 22.8 Å². The highest BCUT2D eigenvalue weighted by atomic mass is 32.2. The zero-order valence-corrected chi connectivity index (χ0v) is 33.2. The fourth-order valence-electron chi connectivity index (χ4n) is 6.27. The van der Waals surface area contributed by atoms with E-state index < -0.39 is 39.0 Å². The molecule has 0 aliphatic rings. The number of benzene rings is 3. The summed E-state index contributed by atoms with van der Waals surface area (Å²) in [4.78, 5) is 43.1. The minimum absolute atomic E-state index is 0.144. The number of likely N-dealkylation sites (N-methyl/N-ethyl adjacent to an activating group) is 2. The van der Waals surface area contributed by atoms with Gasteiger partial charge in [0.05, 0.1) is 24.9 Å². The van der Waals surface area contributed by atoms with Crippen molar-refractivity contribution >= 4 is 27.7 Å². The Balaban J connectivity index is 1.81. The molecule has 1 unspecified atom stereocenters.